The first-order valence-electron chi connectivity index (χ1n) is 3.58. The lowest BCUT2D eigenvalue weighted by Gasteiger charge is -2.10. The van der Waals surface area contributed by atoms with Crippen molar-refractivity contribution in [2.45, 2.75) is 19.4 Å². The molecule has 0 bridgehead atoms. The van der Waals surface area contributed by atoms with Crippen LogP contribution in [0.2, 0.25) is 10.3 Å². The third-order valence-electron chi connectivity index (χ3n) is 1.60. The number of hydrogen-bond donors (Lipinski definition) is 1. The third kappa shape index (κ3) is 1.86. The van der Waals surface area contributed by atoms with Crippen LogP contribution >= 0.6 is 23.2 Å². The van der Waals surface area contributed by atoms with Crippen LogP contribution < -0.4 is 5.73 Å². The van der Waals surface area contributed by atoms with E-state index in [0.29, 0.717) is 15.9 Å². The summed E-state index contributed by atoms with van der Waals surface area (Å²) in [6.45, 7) is 1.95. The summed E-state index contributed by atoms with van der Waals surface area (Å²) < 4.78 is 0. The molecule has 5 heteroatoms. The van der Waals surface area contributed by atoms with Gasteiger partial charge < -0.3 is 5.73 Å². The number of nitrogens with zero attached hydrogens (tertiary/aromatic N) is 2. The van der Waals surface area contributed by atoms with E-state index in [9.17, 15) is 0 Å². The SMILES string of the molecule is CCC(N)c1c(Cl)ncnc1Cl. The highest BCUT2D eigenvalue weighted by Crippen LogP contribution is 2.26. The van der Waals surface area contributed by atoms with Crippen LogP contribution in [0.1, 0.15) is 24.9 Å². The monoisotopic (exact) mass is 205 g/mol. The van der Waals surface area contributed by atoms with Crippen molar-refractivity contribution in [1.82, 2.24) is 9.97 Å². The summed E-state index contributed by atoms with van der Waals surface area (Å²) in [5.41, 5.74) is 6.38. The molecule has 0 spiro atoms. The van der Waals surface area contributed by atoms with E-state index < -0.39 is 0 Å². The lowest BCUT2D eigenvalue weighted by molar-refractivity contribution is 0.691. The maximum absolute atomic E-state index is 5.79. The van der Waals surface area contributed by atoms with Crippen LogP contribution in [0.4, 0.5) is 0 Å². The van der Waals surface area contributed by atoms with Crippen molar-refractivity contribution in [1.29, 1.82) is 0 Å². The molecule has 0 aliphatic heterocycles. The molecule has 1 atom stereocenters. The van der Waals surface area contributed by atoms with Crippen molar-refractivity contribution in [3.63, 3.8) is 0 Å². The number of rotatable bonds is 2. The molecule has 1 rings (SSSR count). The van der Waals surface area contributed by atoms with Gasteiger partial charge in [0.05, 0.1) is 0 Å². The average molecular weight is 206 g/mol. The molecule has 1 aromatic heterocycles. The van der Waals surface area contributed by atoms with Gasteiger partial charge in [-0.05, 0) is 6.42 Å². The van der Waals surface area contributed by atoms with Crippen LogP contribution in [0.25, 0.3) is 0 Å². The second-order valence-corrected chi connectivity index (χ2v) is 3.10. The van der Waals surface area contributed by atoms with Crippen LogP contribution in [-0.4, -0.2) is 9.97 Å². The van der Waals surface area contributed by atoms with Gasteiger partial charge in [0, 0.05) is 11.6 Å². The molecule has 0 aromatic carbocycles. The van der Waals surface area contributed by atoms with Crippen LogP contribution in [0.5, 0.6) is 0 Å². The Balaban J connectivity index is 3.12. The largest absolute Gasteiger partial charge is 0.324 e. The predicted octanol–water partition coefficient (Wildman–Crippen LogP) is 2.19. The van der Waals surface area contributed by atoms with E-state index in [2.05, 4.69) is 9.97 Å². The smallest absolute Gasteiger partial charge is 0.138 e. The predicted molar refractivity (Wildman–Crippen MR) is 49.3 cm³/mol. The quantitative estimate of drug-likeness (QED) is 0.754. The molecule has 0 aliphatic rings. The van der Waals surface area contributed by atoms with Crippen molar-refractivity contribution in [3.8, 4) is 0 Å². The molecule has 66 valence electrons. The zero-order valence-electron chi connectivity index (χ0n) is 6.59. The molecule has 0 saturated heterocycles. The second-order valence-electron chi connectivity index (χ2n) is 2.38. The molecule has 0 amide bonds. The summed E-state index contributed by atoms with van der Waals surface area (Å²) in [7, 11) is 0. The van der Waals surface area contributed by atoms with Gasteiger partial charge in [-0.2, -0.15) is 0 Å². The topological polar surface area (TPSA) is 51.8 Å². The maximum atomic E-state index is 5.79. The van der Waals surface area contributed by atoms with Crippen LogP contribution in [0, 0.1) is 0 Å². The number of nitrogens with two attached hydrogens (primary N) is 1. The van der Waals surface area contributed by atoms with Crippen molar-refractivity contribution in [3.05, 3.63) is 22.2 Å². The first kappa shape index (κ1) is 9.71. The van der Waals surface area contributed by atoms with Crippen LogP contribution in [-0.2, 0) is 0 Å². The minimum Gasteiger partial charge on any atom is -0.324 e. The Hall–Kier alpha value is -0.380. The number of hydrogen-bond acceptors (Lipinski definition) is 3. The molecule has 1 heterocycles. The fourth-order valence-corrected chi connectivity index (χ4v) is 1.46. The normalized spacial score (nSPS) is 13.0. The molecule has 0 saturated carbocycles. The molecular weight excluding hydrogens is 197 g/mol. The van der Waals surface area contributed by atoms with E-state index in [1.54, 1.807) is 0 Å². The minimum absolute atomic E-state index is 0.189. The van der Waals surface area contributed by atoms with Gasteiger partial charge >= 0.3 is 0 Å². The second kappa shape index (κ2) is 4.03. The lowest BCUT2D eigenvalue weighted by atomic mass is 10.1. The number of halogens is 2. The van der Waals surface area contributed by atoms with Gasteiger partial charge in [0.2, 0.25) is 0 Å². The minimum atomic E-state index is -0.189. The van der Waals surface area contributed by atoms with Gasteiger partial charge in [0.25, 0.3) is 0 Å². The first-order valence-corrected chi connectivity index (χ1v) is 4.33. The highest BCUT2D eigenvalue weighted by molar-refractivity contribution is 6.34. The highest BCUT2D eigenvalue weighted by atomic mass is 35.5. The lowest BCUT2D eigenvalue weighted by Crippen LogP contribution is -2.11. The van der Waals surface area contributed by atoms with Crippen molar-refractivity contribution < 1.29 is 0 Å². The van der Waals surface area contributed by atoms with Crippen molar-refractivity contribution >= 4 is 23.2 Å². The first-order chi connectivity index (χ1) is 5.66. The molecular formula is C7H9Cl2N3. The molecule has 1 aromatic rings. The van der Waals surface area contributed by atoms with E-state index in [0.717, 1.165) is 6.42 Å². The van der Waals surface area contributed by atoms with Gasteiger partial charge in [-0.3, -0.25) is 0 Å². The van der Waals surface area contributed by atoms with E-state index in [-0.39, 0.29) is 6.04 Å². The maximum Gasteiger partial charge on any atom is 0.138 e. The van der Waals surface area contributed by atoms with Crippen molar-refractivity contribution in [2.75, 3.05) is 0 Å². The Labute approximate surface area is 80.9 Å². The third-order valence-corrected chi connectivity index (χ3v) is 2.20. The fourth-order valence-electron chi connectivity index (χ4n) is 0.865. The van der Waals surface area contributed by atoms with Gasteiger partial charge in [-0.15, -0.1) is 0 Å². The fraction of sp³-hybridized carbons (Fsp3) is 0.429. The molecule has 12 heavy (non-hydrogen) atoms. The Morgan fingerprint density at radius 3 is 2.33 bits per heavy atom. The van der Waals surface area contributed by atoms with Crippen molar-refractivity contribution in [2.24, 2.45) is 5.73 Å². The van der Waals surface area contributed by atoms with E-state index in [1.165, 1.54) is 6.33 Å². The highest BCUT2D eigenvalue weighted by Gasteiger charge is 2.13. The molecule has 0 fully saturated rings. The average Bonchev–Trinajstić information content (AvgIpc) is 2.03. The van der Waals surface area contributed by atoms with Crippen LogP contribution in [0.15, 0.2) is 6.33 Å². The van der Waals surface area contributed by atoms with E-state index in [1.807, 2.05) is 6.92 Å². The van der Waals surface area contributed by atoms with E-state index >= 15 is 0 Å². The van der Waals surface area contributed by atoms with Crippen LogP contribution in [0.3, 0.4) is 0 Å². The summed E-state index contributed by atoms with van der Waals surface area (Å²) in [5.74, 6) is 0. The molecule has 1 unspecified atom stereocenters. The summed E-state index contributed by atoms with van der Waals surface area (Å²) in [6.07, 6.45) is 2.07. The Kier molecular flexibility index (Phi) is 3.26. The Morgan fingerprint density at radius 1 is 1.42 bits per heavy atom. The summed E-state index contributed by atoms with van der Waals surface area (Å²) in [5, 5.41) is 0.675. The summed E-state index contributed by atoms with van der Waals surface area (Å²) in [4.78, 5) is 7.60. The Morgan fingerprint density at radius 2 is 1.92 bits per heavy atom. The molecule has 0 aliphatic carbocycles. The molecule has 0 radical (unpaired) electrons. The van der Waals surface area contributed by atoms with Gasteiger partial charge in [-0.25, -0.2) is 9.97 Å². The standard InChI is InChI=1S/C7H9Cl2N3/c1-2-4(10)5-6(8)11-3-12-7(5)9/h3-4H,2,10H2,1H3. The van der Waals surface area contributed by atoms with Gasteiger partial charge in [0.1, 0.15) is 16.6 Å². The summed E-state index contributed by atoms with van der Waals surface area (Å²) in [6, 6.07) is -0.189. The molecule has 3 nitrogen and oxygen atoms in total. The van der Waals surface area contributed by atoms with Gasteiger partial charge in [0.15, 0.2) is 0 Å². The zero-order chi connectivity index (χ0) is 9.14. The molecule has 2 N–H and O–H groups in total. The summed E-state index contributed by atoms with van der Waals surface area (Å²) >= 11 is 11.6. The van der Waals surface area contributed by atoms with Gasteiger partial charge in [-0.1, -0.05) is 30.1 Å². The van der Waals surface area contributed by atoms with E-state index in [4.69, 9.17) is 28.9 Å². The zero-order valence-corrected chi connectivity index (χ0v) is 8.10. The Bertz CT molecular complexity index is 257. The number of aromatic nitrogens is 2.